The van der Waals surface area contributed by atoms with Crippen LogP contribution in [0.3, 0.4) is 0 Å². The van der Waals surface area contributed by atoms with Crippen LogP contribution < -0.4 is 5.32 Å². The van der Waals surface area contributed by atoms with Gasteiger partial charge in [-0.05, 0) is 76.2 Å². The van der Waals surface area contributed by atoms with Crippen molar-refractivity contribution >= 4 is 11.7 Å². The maximum atomic E-state index is 14.5. The first-order valence-electron chi connectivity index (χ1n) is 14.1. The molecule has 1 aliphatic heterocycles. The maximum Gasteiger partial charge on any atom is 0.224 e. The summed E-state index contributed by atoms with van der Waals surface area (Å²) in [5, 5.41) is 7.05. The number of imidazole rings is 1. The van der Waals surface area contributed by atoms with Gasteiger partial charge in [0.05, 0.1) is 17.4 Å². The van der Waals surface area contributed by atoms with Gasteiger partial charge in [0.2, 0.25) is 5.91 Å². The number of aromatic nitrogens is 3. The summed E-state index contributed by atoms with van der Waals surface area (Å²) in [4.78, 5) is 36.2. The molecule has 1 saturated carbocycles. The Morgan fingerprint density at radius 1 is 1.21 bits per heavy atom. The number of nitrogens with zero attached hydrogens (tertiary/aromatic N) is 3. The van der Waals surface area contributed by atoms with E-state index in [-0.39, 0.29) is 28.8 Å². The molecule has 8 nitrogen and oxygen atoms in total. The first-order chi connectivity index (χ1) is 18.8. The maximum absolute atomic E-state index is 14.5. The summed E-state index contributed by atoms with van der Waals surface area (Å²) in [5.41, 5.74) is 0.757. The Balaban J connectivity index is 1.26. The van der Waals surface area contributed by atoms with Crippen LogP contribution in [-0.2, 0) is 10.3 Å². The highest BCUT2D eigenvalue weighted by molar-refractivity contribution is 5.93. The van der Waals surface area contributed by atoms with E-state index in [9.17, 15) is 14.0 Å². The monoisotopic (exact) mass is 535 g/mol. The lowest BCUT2D eigenvalue weighted by Crippen LogP contribution is -2.46. The van der Waals surface area contributed by atoms with Crippen molar-refractivity contribution in [3.63, 3.8) is 0 Å². The highest BCUT2D eigenvalue weighted by Gasteiger charge is 2.59. The number of nitrogens with one attached hydrogen (secondary N) is 2. The molecule has 1 amide bonds. The number of Topliss-reactive ketones (excluding diaryl/α,β-unsaturated/α-hetero) is 1. The summed E-state index contributed by atoms with van der Waals surface area (Å²) in [6.45, 7) is 7.33. The van der Waals surface area contributed by atoms with E-state index in [1.165, 1.54) is 12.3 Å². The van der Waals surface area contributed by atoms with Gasteiger partial charge in [0.1, 0.15) is 23.6 Å². The van der Waals surface area contributed by atoms with E-state index < -0.39 is 5.54 Å². The molecular weight excluding hydrogens is 497 g/mol. The molecule has 1 aliphatic carbocycles. The van der Waals surface area contributed by atoms with E-state index in [0.717, 1.165) is 51.7 Å². The summed E-state index contributed by atoms with van der Waals surface area (Å²) < 4.78 is 19.2. The average molecular weight is 536 g/mol. The largest absolute Gasteiger partial charge is 0.364 e. The zero-order chi connectivity index (χ0) is 27.5. The Labute approximate surface area is 228 Å². The van der Waals surface area contributed by atoms with Crippen LogP contribution in [0.25, 0.3) is 11.3 Å². The van der Waals surface area contributed by atoms with Crippen LogP contribution in [0.2, 0.25) is 0 Å². The number of likely N-dealkylation sites (tertiary alicyclic amines) is 1. The number of aromatic amines is 1. The first-order valence-corrected chi connectivity index (χ1v) is 14.1. The molecule has 1 spiro atoms. The predicted molar refractivity (Wildman–Crippen MR) is 145 cm³/mol. The molecule has 2 N–H and O–H groups in total. The zero-order valence-corrected chi connectivity index (χ0v) is 22.8. The van der Waals surface area contributed by atoms with Crippen molar-refractivity contribution in [1.82, 2.24) is 25.3 Å². The molecular formula is C30H38FN5O3. The van der Waals surface area contributed by atoms with E-state index in [0.29, 0.717) is 42.0 Å². The zero-order valence-electron chi connectivity index (χ0n) is 22.8. The van der Waals surface area contributed by atoms with Crippen molar-refractivity contribution in [2.75, 3.05) is 19.6 Å². The van der Waals surface area contributed by atoms with Crippen LogP contribution in [0.4, 0.5) is 4.39 Å². The highest BCUT2D eigenvalue weighted by atomic mass is 19.1. The molecule has 3 aromatic rings. The number of hydrogen-bond donors (Lipinski definition) is 2. The van der Waals surface area contributed by atoms with Crippen molar-refractivity contribution in [1.29, 1.82) is 0 Å². The van der Waals surface area contributed by atoms with E-state index in [2.05, 4.69) is 32.3 Å². The molecule has 0 bridgehead atoms. The number of benzene rings is 1. The molecule has 2 aromatic heterocycles. The van der Waals surface area contributed by atoms with Crippen LogP contribution in [0, 0.1) is 17.2 Å². The standard InChI is InChI=1S/C30H38FN5O3/c1-3-36-16-14-30(15-17-36)19-22(30)27(38)34-29(2,13-8-4-5-11-26(37)24-12-18-39-35-24)28-32-20-25(33-28)21-9-6-7-10-23(21)31/h6-7,9-10,12,18,20,22H,3-5,8,11,13-17,19H2,1-2H3,(H,32,33)(H,34,38)/t22-,29-/m1/s1. The van der Waals surface area contributed by atoms with Gasteiger partial charge in [0.15, 0.2) is 5.78 Å². The van der Waals surface area contributed by atoms with Crippen LogP contribution >= 0.6 is 0 Å². The van der Waals surface area contributed by atoms with Gasteiger partial charge in [-0.25, -0.2) is 9.37 Å². The van der Waals surface area contributed by atoms with Crippen molar-refractivity contribution in [3.05, 3.63) is 60.1 Å². The summed E-state index contributed by atoms with van der Waals surface area (Å²) in [6.07, 6.45) is 9.46. The van der Waals surface area contributed by atoms with Crippen LogP contribution in [0.5, 0.6) is 0 Å². The van der Waals surface area contributed by atoms with Crippen LogP contribution in [0.15, 0.2) is 47.3 Å². The fraction of sp³-hybridized carbons (Fsp3) is 0.533. The second kappa shape index (κ2) is 11.4. The number of piperidine rings is 1. The van der Waals surface area contributed by atoms with E-state index in [1.807, 2.05) is 6.92 Å². The van der Waals surface area contributed by atoms with Gasteiger partial charge < -0.3 is 19.7 Å². The van der Waals surface area contributed by atoms with Crippen LogP contribution in [-0.4, -0.2) is 51.3 Å². The van der Waals surface area contributed by atoms with Crippen molar-refractivity contribution in [3.8, 4) is 11.3 Å². The Hall–Kier alpha value is -3.33. The number of ketones is 1. The summed E-state index contributed by atoms with van der Waals surface area (Å²) in [5.74, 6) is 0.356. The number of unbranched alkanes of at least 4 members (excludes halogenated alkanes) is 2. The molecule has 0 unspecified atom stereocenters. The SMILES string of the molecule is CCN1CCC2(CC1)C[C@@H]2C(=O)N[C@](C)(CCCCCC(=O)c1ccon1)c1ncc(-c2ccccc2F)[nH]1. The quantitative estimate of drug-likeness (QED) is 0.235. The third kappa shape index (κ3) is 5.98. The van der Waals surface area contributed by atoms with Gasteiger partial charge in [-0.2, -0.15) is 0 Å². The van der Waals surface area contributed by atoms with Gasteiger partial charge in [0.25, 0.3) is 0 Å². The third-order valence-corrected chi connectivity index (χ3v) is 8.77. The van der Waals surface area contributed by atoms with Crippen molar-refractivity contribution in [2.45, 2.75) is 70.8 Å². The molecule has 2 fully saturated rings. The molecule has 1 saturated heterocycles. The lowest BCUT2D eigenvalue weighted by atomic mass is 9.89. The Bertz CT molecular complexity index is 1280. The summed E-state index contributed by atoms with van der Waals surface area (Å²) in [6, 6.07) is 8.16. The Morgan fingerprint density at radius 3 is 2.72 bits per heavy atom. The number of H-pyrrole nitrogens is 1. The lowest BCUT2D eigenvalue weighted by Gasteiger charge is -2.33. The van der Waals surface area contributed by atoms with Gasteiger partial charge in [0, 0.05) is 24.0 Å². The summed E-state index contributed by atoms with van der Waals surface area (Å²) >= 11 is 0. The number of hydrogen-bond acceptors (Lipinski definition) is 6. The molecule has 0 radical (unpaired) electrons. The van der Waals surface area contributed by atoms with Gasteiger partial charge in [-0.3, -0.25) is 9.59 Å². The van der Waals surface area contributed by atoms with Crippen molar-refractivity contribution in [2.24, 2.45) is 11.3 Å². The molecule has 208 valence electrons. The number of carbonyl (C=O) groups excluding carboxylic acids is 2. The first kappa shape index (κ1) is 27.2. The van der Waals surface area contributed by atoms with Crippen LogP contribution in [0.1, 0.15) is 81.5 Å². The molecule has 39 heavy (non-hydrogen) atoms. The van der Waals surface area contributed by atoms with Gasteiger partial charge in [-0.15, -0.1) is 0 Å². The van der Waals surface area contributed by atoms with E-state index >= 15 is 0 Å². The molecule has 1 aromatic carbocycles. The molecule has 5 rings (SSSR count). The summed E-state index contributed by atoms with van der Waals surface area (Å²) in [7, 11) is 0. The second-order valence-electron chi connectivity index (χ2n) is 11.4. The fourth-order valence-electron chi connectivity index (χ4n) is 6.03. The Kier molecular flexibility index (Phi) is 7.98. The number of halogens is 1. The molecule has 3 heterocycles. The van der Waals surface area contributed by atoms with Crippen molar-refractivity contribution < 1.29 is 18.5 Å². The fourth-order valence-corrected chi connectivity index (χ4v) is 6.03. The molecule has 2 atom stereocenters. The minimum absolute atomic E-state index is 0.0249. The topological polar surface area (TPSA) is 104 Å². The minimum atomic E-state index is -0.745. The highest BCUT2D eigenvalue weighted by Crippen LogP contribution is 2.59. The third-order valence-electron chi connectivity index (χ3n) is 8.77. The van der Waals surface area contributed by atoms with Gasteiger partial charge >= 0.3 is 0 Å². The number of carbonyl (C=O) groups is 2. The number of rotatable bonds is 12. The predicted octanol–water partition coefficient (Wildman–Crippen LogP) is 5.49. The Morgan fingerprint density at radius 2 is 2.00 bits per heavy atom. The van der Waals surface area contributed by atoms with Gasteiger partial charge in [-0.1, -0.05) is 37.1 Å². The van der Waals surface area contributed by atoms with E-state index in [1.54, 1.807) is 30.5 Å². The molecule has 9 heteroatoms. The second-order valence-corrected chi connectivity index (χ2v) is 11.4. The van der Waals surface area contributed by atoms with E-state index in [4.69, 9.17) is 4.52 Å². The lowest BCUT2D eigenvalue weighted by molar-refractivity contribution is -0.125. The minimum Gasteiger partial charge on any atom is -0.364 e. The molecule has 2 aliphatic rings. The normalized spacial score (nSPS) is 20.0. The smallest absolute Gasteiger partial charge is 0.224 e. The average Bonchev–Trinajstić information content (AvgIpc) is 3.31. The number of amides is 1.